The first-order valence-corrected chi connectivity index (χ1v) is 9.65. The molecule has 30 heavy (non-hydrogen) atoms. The minimum Gasteiger partial charge on any atom is -0.322 e. The Morgan fingerprint density at radius 2 is 1.57 bits per heavy atom. The molecule has 3 N–H and O–H groups in total. The molecule has 0 aliphatic rings. The Morgan fingerprint density at radius 1 is 0.967 bits per heavy atom. The summed E-state index contributed by atoms with van der Waals surface area (Å²) in [5.74, 6) is -0.646. The summed E-state index contributed by atoms with van der Waals surface area (Å²) in [6.07, 6.45) is -4.57. The number of rotatable bonds is 7. The average Bonchev–Trinajstić information content (AvgIpc) is 2.62. The van der Waals surface area contributed by atoms with Crippen LogP contribution in [0, 0.1) is 6.92 Å². The molecule has 5 nitrogen and oxygen atoms in total. The lowest BCUT2D eigenvalue weighted by Gasteiger charge is -2.18. The van der Waals surface area contributed by atoms with Crippen LogP contribution in [0.25, 0.3) is 0 Å². The number of benzene rings is 2. The number of nitrogens with one attached hydrogen (secondary N) is 3. The summed E-state index contributed by atoms with van der Waals surface area (Å²) in [6.45, 7) is 5.82. The SMILES string of the molecule is Cc1cccc(C(C)C)c1NC(=O)C[NH+](C)CC(=O)Nc1ccccc1C(F)(F)F. The minimum atomic E-state index is -4.57. The molecule has 0 aliphatic carbocycles. The van der Waals surface area contributed by atoms with Crippen LogP contribution in [0.4, 0.5) is 24.5 Å². The summed E-state index contributed by atoms with van der Waals surface area (Å²) in [7, 11) is 1.63. The number of halogens is 3. The van der Waals surface area contributed by atoms with E-state index in [4.69, 9.17) is 0 Å². The van der Waals surface area contributed by atoms with Crippen molar-refractivity contribution in [1.29, 1.82) is 0 Å². The second-order valence-corrected chi connectivity index (χ2v) is 7.64. The van der Waals surface area contributed by atoms with Gasteiger partial charge < -0.3 is 15.5 Å². The molecule has 0 saturated carbocycles. The van der Waals surface area contributed by atoms with Crippen molar-refractivity contribution in [2.75, 3.05) is 30.8 Å². The molecule has 1 unspecified atom stereocenters. The Kier molecular flexibility index (Phi) is 7.61. The maximum absolute atomic E-state index is 13.1. The van der Waals surface area contributed by atoms with Crippen molar-refractivity contribution >= 4 is 23.2 Å². The number of quaternary nitrogens is 1. The normalized spacial score (nSPS) is 12.5. The summed E-state index contributed by atoms with van der Waals surface area (Å²) in [5.41, 5.74) is 1.51. The number of likely N-dealkylation sites (N-methyl/N-ethyl adjacent to an activating group) is 1. The van der Waals surface area contributed by atoms with Crippen LogP contribution in [-0.4, -0.2) is 32.0 Å². The van der Waals surface area contributed by atoms with Gasteiger partial charge in [0.15, 0.2) is 13.1 Å². The zero-order valence-corrected chi connectivity index (χ0v) is 17.5. The summed E-state index contributed by atoms with van der Waals surface area (Å²) >= 11 is 0. The van der Waals surface area contributed by atoms with E-state index in [1.54, 1.807) is 7.05 Å². The van der Waals surface area contributed by atoms with E-state index in [0.717, 1.165) is 22.9 Å². The van der Waals surface area contributed by atoms with Crippen molar-refractivity contribution in [2.24, 2.45) is 0 Å². The molecule has 0 radical (unpaired) electrons. The van der Waals surface area contributed by atoms with E-state index in [9.17, 15) is 22.8 Å². The Labute approximate surface area is 174 Å². The third-order valence-corrected chi connectivity index (χ3v) is 4.62. The van der Waals surface area contributed by atoms with E-state index in [-0.39, 0.29) is 30.6 Å². The number of hydrogen-bond donors (Lipinski definition) is 3. The third kappa shape index (κ3) is 6.32. The number of hydrogen-bond acceptors (Lipinski definition) is 2. The van der Waals surface area contributed by atoms with E-state index in [2.05, 4.69) is 10.6 Å². The van der Waals surface area contributed by atoms with Gasteiger partial charge in [-0.25, -0.2) is 0 Å². The van der Waals surface area contributed by atoms with Gasteiger partial charge in [0.05, 0.1) is 18.3 Å². The maximum atomic E-state index is 13.1. The second-order valence-electron chi connectivity index (χ2n) is 7.64. The van der Waals surface area contributed by atoms with E-state index in [1.165, 1.54) is 18.2 Å². The predicted molar refractivity (Wildman–Crippen MR) is 111 cm³/mol. The third-order valence-electron chi connectivity index (χ3n) is 4.62. The van der Waals surface area contributed by atoms with Crippen molar-refractivity contribution in [3.8, 4) is 0 Å². The fourth-order valence-electron chi connectivity index (χ4n) is 3.17. The smallest absolute Gasteiger partial charge is 0.322 e. The first-order chi connectivity index (χ1) is 14.0. The number of alkyl halides is 3. The van der Waals surface area contributed by atoms with Crippen LogP contribution in [0.5, 0.6) is 0 Å². The highest BCUT2D eigenvalue weighted by atomic mass is 19.4. The highest BCUT2D eigenvalue weighted by Gasteiger charge is 2.33. The first kappa shape index (κ1) is 23.4. The van der Waals surface area contributed by atoms with Crippen molar-refractivity contribution < 1.29 is 27.7 Å². The highest BCUT2D eigenvalue weighted by molar-refractivity contribution is 5.94. The average molecular weight is 422 g/mol. The maximum Gasteiger partial charge on any atom is 0.418 e. The lowest BCUT2D eigenvalue weighted by Crippen LogP contribution is -3.11. The van der Waals surface area contributed by atoms with Crippen LogP contribution in [0.1, 0.15) is 36.5 Å². The number of anilines is 2. The molecule has 0 heterocycles. The Morgan fingerprint density at radius 3 is 2.17 bits per heavy atom. The molecule has 162 valence electrons. The molecule has 2 amide bonds. The van der Waals surface area contributed by atoms with Gasteiger partial charge in [0, 0.05) is 5.69 Å². The minimum absolute atomic E-state index is 0.000206. The molecule has 0 aliphatic heterocycles. The predicted octanol–water partition coefficient (Wildman–Crippen LogP) is 3.23. The zero-order chi connectivity index (χ0) is 22.5. The van der Waals surface area contributed by atoms with Crippen molar-refractivity contribution in [3.63, 3.8) is 0 Å². The van der Waals surface area contributed by atoms with Crippen LogP contribution in [-0.2, 0) is 15.8 Å². The monoisotopic (exact) mass is 422 g/mol. The number of aryl methyl sites for hydroxylation is 1. The van der Waals surface area contributed by atoms with Gasteiger partial charge in [-0.15, -0.1) is 0 Å². The van der Waals surface area contributed by atoms with Crippen LogP contribution >= 0.6 is 0 Å². The van der Waals surface area contributed by atoms with Crippen LogP contribution in [0.15, 0.2) is 42.5 Å². The molecule has 8 heteroatoms. The van der Waals surface area contributed by atoms with Crippen LogP contribution in [0.2, 0.25) is 0 Å². The van der Waals surface area contributed by atoms with Crippen molar-refractivity contribution in [3.05, 3.63) is 59.2 Å². The van der Waals surface area contributed by atoms with E-state index < -0.39 is 17.6 Å². The molecule has 0 aromatic heterocycles. The van der Waals surface area contributed by atoms with E-state index in [0.29, 0.717) is 4.90 Å². The van der Waals surface area contributed by atoms with Gasteiger partial charge in [-0.3, -0.25) is 9.59 Å². The van der Waals surface area contributed by atoms with Gasteiger partial charge >= 0.3 is 6.18 Å². The van der Waals surface area contributed by atoms with Crippen LogP contribution in [0.3, 0.4) is 0 Å². The van der Waals surface area contributed by atoms with Gasteiger partial charge in [-0.1, -0.05) is 44.2 Å². The van der Waals surface area contributed by atoms with Gasteiger partial charge in [-0.05, 0) is 36.1 Å². The molecule has 2 aromatic rings. The molecule has 1 atom stereocenters. The quantitative estimate of drug-likeness (QED) is 0.642. The largest absolute Gasteiger partial charge is 0.418 e. The number of carbonyl (C=O) groups excluding carboxylic acids is 2. The fraction of sp³-hybridized carbons (Fsp3) is 0.364. The van der Waals surface area contributed by atoms with Crippen LogP contribution < -0.4 is 15.5 Å². The van der Waals surface area contributed by atoms with Gasteiger partial charge in [0.25, 0.3) is 11.8 Å². The van der Waals surface area contributed by atoms with E-state index in [1.807, 2.05) is 39.0 Å². The molecule has 0 fully saturated rings. The first-order valence-electron chi connectivity index (χ1n) is 9.65. The van der Waals surface area contributed by atoms with Gasteiger partial charge in [0.2, 0.25) is 0 Å². The summed E-state index contributed by atoms with van der Waals surface area (Å²) < 4.78 is 39.2. The Balaban J connectivity index is 1.98. The number of carbonyl (C=O) groups is 2. The second kappa shape index (κ2) is 9.75. The molecular formula is C22H27F3N3O2+. The van der Waals surface area contributed by atoms with Crippen molar-refractivity contribution in [1.82, 2.24) is 0 Å². The topological polar surface area (TPSA) is 62.6 Å². The summed E-state index contributed by atoms with van der Waals surface area (Å²) in [4.78, 5) is 25.2. The van der Waals surface area contributed by atoms with Gasteiger partial charge in [0.1, 0.15) is 0 Å². The number of amides is 2. The summed E-state index contributed by atoms with van der Waals surface area (Å²) in [5, 5.41) is 5.20. The summed E-state index contributed by atoms with van der Waals surface area (Å²) in [6, 6.07) is 10.6. The van der Waals surface area contributed by atoms with E-state index >= 15 is 0 Å². The molecule has 2 rings (SSSR count). The lowest BCUT2D eigenvalue weighted by atomic mass is 9.98. The molecule has 0 spiro atoms. The zero-order valence-electron chi connectivity index (χ0n) is 17.5. The van der Waals surface area contributed by atoms with Crippen molar-refractivity contribution in [2.45, 2.75) is 32.9 Å². The lowest BCUT2D eigenvalue weighted by molar-refractivity contribution is -0.862. The molecule has 2 aromatic carbocycles. The van der Waals surface area contributed by atoms with Gasteiger partial charge in [-0.2, -0.15) is 13.2 Å². The standard InChI is InChI=1S/C22H26F3N3O2/c1-14(2)16-9-7-8-15(3)21(16)27-20(30)13-28(4)12-19(29)26-18-11-6-5-10-17(18)22(23,24)25/h5-11,14H,12-13H2,1-4H3,(H,26,29)(H,27,30)/p+1. The highest BCUT2D eigenvalue weighted by Crippen LogP contribution is 2.34. The Hall–Kier alpha value is -2.87. The number of para-hydroxylation sites is 2. The molecule has 0 bridgehead atoms. The molecule has 0 saturated heterocycles. The Bertz CT molecular complexity index is 911. The fourth-order valence-corrected chi connectivity index (χ4v) is 3.17. The molecular weight excluding hydrogens is 395 g/mol.